The summed E-state index contributed by atoms with van der Waals surface area (Å²) >= 11 is 0. The van der Waals surface area contributed by atoms with Crippen molar-refractivity contribution in [3.8, 4) is 6.07 Å². The van der Waals surface area contributed by atoms with E-state index in [0.29, 0.717) is 0 Å². The molecule has 0 aliphatic carbocycles. The summed E-state index contributed by atoms with van der Waals surface area (Å²) < 4.78 is 6.01. The first-order chi connectivity index (χ1) is 8.27. The van der Waals surface area contributed by atoms with Gasteiger partial charge in [-0.05, 0) is 31.5 Å². The minimum atomic E-state index is -1.72. The molecule has 0 bridgehead atoms. The molecule has 0 aromatic rings. The van der Waals surface area contributed by atoms with Gasteiger partial charge in [-0.1, -0.05) is 46.5 Å². The second-order valence-electron chi connectivity index (χ2n) is 8.15. The van der Waals surface area contributed by atoms with Gasteiger partial charge in [0.1, 0.15) is 0 Å². The van der Waals surface area contributed by atoms with Crippen molar-refractivity contribution >= 4 is 16.4 Å². The molecule has 0 aliphatic rings. The Bertz CT molecular complexity index is 369. The lowest BCUT2D eigenvalue weighted by Crippen LogP contribution is -2.39. The fraction of sp³-hybridized carbons (Fsp3) is 0.800. The van der Waals surface area contributed by atoms with Crippen LogP contribution in [0.5, 0.6) is 0 Å². The molecule has 0 saturated carbocycles. The fourth-order valence-corrected chi connectivity index (χ4v) is 3.05. The molecule has 0 saturated heterocycles. The first-order valence-corrected chi connectivity index (χ1v) is 13.4. The van der Waals surface area contributed by atoms with E-state index < -0.39 is 16.4 Å². The third-order valence-electron chi connectivity index (χ3n) is 4.69. The fourth-order valence-electron chi connectivity index (χ4n) is 1.20. The first-order valence-electron chi connectivity index (χ1n) is 7.01. The monoisotopic (exact) mass is 297 g/mol. The molecule has 0 N–H and O–H groups in total. The second kappa shape index (κ2) is 5.84. The van der Waals surface area contributed by atoms with Crippen LogP contribution in [0.3, 0.4) is 0 Å². The Morgan fingerprint density at radius 2 is 1.53 bits per heavy atom. The van der Waals surface area contributed by atoms with Gasteiger partial charge in [0.05, 0.1) is 25.4 Å². The maximum Gasteiger partial charge on any atom is 0.249 e. The number of hydrogen-bond donors (Lipinski definition) is 0. The van der Waals surface area contributed by atoms with Crippen LogP contribution in [-0.2, 0) is 4.43 Å². The molecule has 0 fully saturated rings. The highest BCUT2D eigenvalue weighted by Gasteiger charge is 2.39. The summed E-state index contributed by atoms with van der Waals surface area (Å²) in [5.74, 6) is 0. The first kappa shape index (κ1) is 18.5. The molecule has 0 aromatic heterocycles. The van der Waals surface area contributed by atoms with Crippen molar-refractivity contribution in [2.45, 2.75) is 76.9 Å². The van der Waals surface area contributed by atoms with Crippen molar-refractivity contribution in [1.29, 1.82) is 5.26 Å². The summed E-state index contributed by atoms with van der Waals surface area (Å²) in [7, 11) is -3.22. The maximum absolute atomic E-state index is 9.43. The summed E-state index contributed by atoms with van der Waals surface area (Å²) in [6.07, 6.45) is 4.67. The Morgan fingerprint density at radius 1 is 1.05 bits per heavy atom. The number of hydrogen-bond acceptors (Lipinski definition) is 2. The van der Waals surface area contributed by atoms with Gasteiger partial charge in [0, 0.05) is 0 Å². The van der Waals surface area contributed by atoms with Gasteiger partial charge < -0.3 is 4.43 Å². The van der Waals surface area contributed by atoms with Gasteiger partial charge in [-0.25, -0.2) is 0 Å². The Balaban J connectivity index is 4.68. The van der Waals surface area contributed by atoms with Crippen LogP contribution < -0.4 is 0 Å². The van der Waals surface area contributed by atoms with E-state index >= 15 is 0 Å². The molecule has 0 rings (SSSR count). The maximum atomic E-state index is 9.43. The zero-order chi connectivity index (χ0) is 15.5. The summed E-state index contributed by atoms with van der Waals surface area (Å²) in [5, 5.41) is 9.42. The van der Waals surface area contributed by atoms with Crippen molar-refractivity contribution in [1.82, 2.24) is 0 Å². The van der Waals surface area contributed by atoms with Gasteiger partial charge in [-0.3, -0.25) is 0 Å². The van der Waals surface area contributed by atoms with Gasteiger partial charge in [0.25, 0.3) is 0 Å². The Morgan fingerprint density at radius 3 is 1.84 bits per heavy atom. The number of nitriles is 1. The molecule has 0 aliphatic heterocycles. The molecule has 4 heteroatoms. The molecule has 1 unspecified atom stereocenters. The van der Waals surface area contributed by atoms with Crippen molar-refractivity contribution in [3.05, 3.63) is 12.3 Å². The zero-order valence-corrected chi connectivity index (χ0v) is 16.2. The number of nitrogens with zero attached hydrogens (tertiary/aromatic N) is 1. The van der Waals surface area contributed by atoms with E-state index in [0.717, 1.165) is 6.42 Å². The van der Waals surface area contributed by atoms with Crippen molar-refractivity contribution < 1.29 is 4.43 Å². The summed E-state index contributed by atoms with van der Waals surface area (Å²) in [6.45, 7) is 20.0. The number of allylic oxidation sites excluding steroid dienone is 1. The lowest BCUT2D eigenvalue weighted by molar-refractivity contribution is 0.427. The Hall–Kier alpha value is -0.536. The largest absolute Gasteiger partial charge is 0.549 e. The second-order valence-corrected chi connectivity index (χ2v) is 18.5. The molecular weight excluding hydrogens is 266 g/mol. The SMILES string of the molecule is CC(C#N)(C/C=C\O[Si](C)(C)C(C)(C)C)[Si](C)(C)C. The molecule has 110 valence electrons. The average Bonchev–Trinajstić information content (AvgIpc) is 2.20. The third kappa shape index (κ3) is 4.81. The van der Waals surface area contributed by atoms with Crippen LogP contribution in [0.2, 0.25) is 42.8 Å². The van der Waals surface area contributed by atoms with Gasteiger partial charge >= 0.3 is 0 Å². The van der Waals surface area contributed by atoms with Crippen molar-refractivity contribution in [2.24, 2.45) is 0 Å². The van der Waals surface area contributed by atoms with Crippen molar-refractivity contribution in [3.63, 3.8) is 0 Å². The van der Waals surface area contributed by atoms with E-state index in [1.165, 1.54) is 0 Å². The van der Waals surface area contributed by atoms with Crippen LogP contribution in [0.15, 0.2) is 12.3 Å². The van der Waals surface area contributed by atoms with Crippen LogP contribution >= 0.6 is 0 Å². The normalized spacial score (nSPS) is 17.1. The Labute approximate surface area is 122 Å². The highest BCUT2D eigenvalue weighted by molar-refractivity contribution is 6.79. The van der Waals surface area contributed by atoms with Gasteiger partial charge in [0.2, 0.25) is 8.32 Å². The molecule has 0 amide bonds. The molecule has 1 atom stereocenters. The highest BCUT2D eigenvalue weighted by atomic mass is 28.4. The summed E-state index contributed by atoms with van der Waals surface area (Å²) in [4.78, 5) is 0. The summed E-state index contributed by atoms with van der Waals surface area (Å²) in [6, 6.07) is 2.51. The van der Waals surface area contributed by atoms with E-state index in [2.05, 4.69) is 66.5 Å². The average molecular weight is 298 g/mol. The topological polar surface area (TPSA) is 33.0 Å². The molecule has 0 aromatic carbocycles. The van der Waals surface area contributed by atoms with E-state index in [-0.39, 0.29) is 10.1 Å². The van der Waals surface area contributed by atoms with Crippen molar-refractivity contribution in [2.75, 3.05) is 0 Å². The zero-order valence-electron chi connectivity index (χ0n) is 14.2. The minimum absolute atomic E-state index is 0.217. The molecule has 0 heterocycles. The lowest BCUT2D eigenvalue weighted by atomic mass is 10.1. The van der Waals surface area contributed by atoms with E-state index in [4.69, 9.17) is 4.43 Å². The predicted octanol–water partition coefficient (Wildman–Crippen LogP) is 5.53. The van der Waals surface area contributed by atoms with Crippen LogP contribution in [0.25, 0.3) is 0 Å². The molecular formula is C15H31NOSi2. The van der Waals surface area contributed by atoms with Crippen LogP contribution in [0, 0.1) is 11.3 Å². The van der Waals surface area contributed by atoms with Gasteiger partial charge in [-0.2, -0.15) is 5.26 Å². The smallest absolute Gasteiger partial charge is 0.249 e. The quantitative estimate of drug-likeness (QED) is 0.493. The standard InChI is InChI=1S/C15H31NOSi2/c1-14(2,3)19(8,9)17-12-10-11-15(4,13-16)18(5,6)7/h10,12H,11H2,1-9H3/b12-10-. The molecule has 19 heavy (non-hydrogen) atoms. The van der Waals surface area contributed by atoms with E-state index in [1.54, 1.807) is 0 Å². The predicted molar refractivity (Wildman–Crippen MR) is 89.4 cm³/mol. The lowest BCUT2D eigenvalue weighted by Gasteiger charge is -2.35. The minimum Gasteiger partial charge on any atom is -0.549 e. The van der Waals surface area contributed by atoms with E-state index in [9.17, 15) is 5.26 Å². The Kier molecular flexibility index (Phi) is 5.68. The molecule has 0 spiro atoms. The van der Waals surface area contributed by atoms with Crippen LogP contribution in [-0.4, -0.2) is 16.4 Å². The highest BCUT2D eigenvalue weighted by Crippen LogP contribution is 2.41. The van der Waals surface area contributed by atoms with E-state index in [1.807, 2.05) is 12.3 Å². The van der Waals surface area contributed by atoms with Gasteiger partial charge in [0.15, 0.2) is 0 Å². The number of rotatable bonds is 5. The molecule has 2 nitrogen and oxygen atoms in total. The van der Waals surface area contributed by atoms with Gasteiger partial charge in [-0.15, -0.1) is 0 Å². The third-order valence-corrected chi connectivity index (χ3v) is 12.7. The summed E-state index contributed by atoms with van der Waals surface area (Å²) in [5.41, 5.74) is 0. The van der Waals surface area contributed by atoms with Crippen LogP contribution in [0.1, 0.15) is 34.1 Å². The molecule has 0 radical (unpaired) electrons. The van der Waals surface area contributed by atoms with Crippen LogP contribution in [0.4, 0.5) is 0 Å².